The van der Waals surface area contributed by atoms with E-state index in [9.17, 15) is 14.4 Å². The molecule has 0 unspecified atom stereocenters. The topological polar surface area (TPSA) is 84.5 Å². The summed E-state index contributed by atoms with van der Waals surface area (Å²) in [5.41, 5.74) is 0. The lowest BCUT2D eigenvalue weighted by Gasteiger charge is -2.05. The Kier molecular flexibility index (Phi) is 5.86. The number of thiophene rings is 1. The van der Waals surface area contributed by atoms with Gasteiger partial charge < -0.3 is 15.4 Å². The zero-order valence-corrected chi connectivity index (χ0v) is 10.7. The van der Waals surface area contributed by atoms with Gasteiger partial charge in [0.05, 0.1) is 18.0 Å². The quantitative estimate of drug-likeness (QED) is 0.721. The number of amides is 2. The normalized spacial score (nSPS) is 9.61. The molecule has 0 aliphatic rings. The maximum atomic E-state index is 11.5. The fraction of sp³-hybridized carbons (Fsp3) is 0.364. The van der Waals surface area contributed by atoms with Gasteiger partial charge in [0.1, 0.15) is 6.54 Å². The smallest absolute Gasteiger partial charge is 0.325 e. The second-order valence-electron chi connectivity index (χ2n) is 3.24. The Morgan fingerprint density at radius 1 is 1.28 bits per heavy atom. The van der Waals surface area contributed by atoms with E-state index < -0.39 is 11.9 Å². The highest BCUT2D eigenvalue weighted by molar-refractivity contribution is 7.12. The van der Waals surface area contributed by atoms with E-state index in [1.165, 1.54) is 11.3 Å². The van der Waals surface area contributed by atoms with Crippen LogP contribution in [-0.4, -0.2) is 37.5 Å². The first kappa shape index (κ1) is 14.2. The van der Waals surface area contributed by atoms with Crippen LogP contribution in [0, 0.1) is 0 Å². The minimum atomic E-state index is -0.504. The molecule has 6 nitrogen and oxygen atoms in total. The molecule has 0 aliphatic carbocycles. The fourth-order valence-corrected chi connectivity index (χ4v) is 1.74. The molecule has 1 rings (SSSR count). The van der Waals surface area contributed by atoms with E-state index in [2.05, 4.69) is 15.4 Å². The van der Waals surface area contributed by atoms with Crippen molar-refractivity contribution in [3.63, 3.8) is 0 Å². The Balaban J connectivity index is 2.21. The van der Waals surface area contributed by atoms with E-state index in [0.29, 0.717) is 4.88 Å². The van der Waals surface area contributed by atoms with E-state index in [1.54, 1.807) is 24.4 Å². The number of nitrogens with one attached hydrogen (secondary N) is 2. The van der Waals surface area contributed by atoms with Crippen molar-refractivity contribution in [1.29, 1.82) is 0 Å². The first-order valence-corrected chi connectivity index (χ1v) is 6.25. The van der Waals surface area contributed by atoms with E-state index in [1.807, 2.05) is 0 Å². The summed E-state index contributed by atoms with van der Waals surface area (Å²) in [5.74, 6) is -1.25. The van der Waals surface area contributed by atoms with Crippen molar-refractivity contribution < 1.29 is 19.1 Å². The molecule has 0 saturated heterocycles. The summed E-state index contributed by atoms with van der Waals surface area (Å²) >= 11 is 1.29. The maximum absolute atomic E-state index is 11.5. The van der Waals surface area contributed by atoms with Gasteiger partial charge in [0.15, 0.2) is 0 Å². The lowest BCUT2D eigenvalue weighted by molar-refractivity contribution is -0.143. The van der Waals surface area contributed by atoms with Crippen LogP contribution in [-0.2, 0) is 14.3 Å². The number of carbonyl (C=O) groups is 3. The van der Waals surface area contributed by atoms with Crippen molar-refractivity contribution in [3.05, 3.63) is 22.4 Å². The zero-order chi connectivity index (χ0) is 13.4. The van der Waals surface area contributed by atoms with Gasteiger partial charge in [-0.05, 0) is 18.4 Å². The number of esters is 1. The van der Waals surface area contributed by atoms with Crippen LogP contribution in [0.4, 0.5) is 0 Å². The summed E-state index contributed by atoms with van der Waals surface area (Å²) in [5, 5.41) is 6.56. The third-order valence-corrected chi connectivity index (χ3v) is 2.76. The first-order valence-electron chi connectivity index (χ1n) is 5.37. The number of hydrogen-bond donors (Lipinski definition) is 2. The maximum Gasteiger partial charge on any atom is 0.325 e. The molecule has 0 saturated carbocycles. The van der Waals surface area contributed by atoms with Crippen LogP contribution >= 0.6 is 11.3 Å². The highest BCUT2D eigenvalue weighted by Gasteiger charge is 2.09. The third kappa shape index (κ3) is 4.96. The van der Waals surface area contributed by atoms with Gasteiger partial charge in [-0.15, -0.1) is 11.3 Å². The molecule has 0 radical (unpaired) electrons. The predicted molar refractivity (Wildman–Crippen MR) is 66.3 cm³/mol. The van der Waals surface area contributed by atoms with E-state index in [-0.39, 0.29) is 25.6 Å². The van der Waals surface area contributed by atoms with E-state index >= 15 is 0 Å². The zero-order valence-electron chi connectivity index (χ0n) is 9.89. The minimum absolute atomic E-state index is 0.170. The molecule has 7 heteroatoms. The second kappa shape index (κ2) is 7.44. The summed E-state index contributed by atoms with van der Waals surface area (Å²) < 4.78 is 4.64. The molecular formula is C11H14N2O4S. The van der Waals surface area contributed by atoms with E-state index in [0.717, 1.165) is 0 Å². The van der Waals surface area contributed by atoms with Gasteiger partial charge in [-0.25, -0.2) is 0 Å². The SMILES string of the molecule is CCOC(=O)CNC(=O)CNC(=O)c1cccs1. The van der Waals surface area contributed by atoms with Crippen molar-refractivity contribution in [2.45, 2.75) is 6.92 Å². The van der Waals surface area contributed by atoms with Crippen LogP contribution < -0.4 is 10.6 Å². The summed E-state index contributed by atoms with van der Waals surface area (Å²) in [4.78, 5) is 34.3. The lowest BCUT2D eigenvalue weighted by atomic mass is 10.4. The van der Waals surface area contributed by atoms with Crippen LogP contribution in [0.2, 0.25) is 0 Å². The van der Waals surface area contributed by atoms with Crippen molar-refractivity contribution in [3.8, 4) is 0 Å². The summed E-state index contributed by atoms with van der Waals surface area (Å²) in [6.45, 7) is 1.59. The number of hydrogen-bond acceptors (Lipinski definition) is 5. The van der Waals surface area contributed by atoms with Crippen molar-refractivity contribution >= 4 is 29.1 Å². The highest BCUT2D eigenvalue weighted by Crippen LogP contribution is 2.07. The van der Waals surface area contributed by atoms with Gasteiger partial charge >= 0.3 is 5.97 Å². The second-order valence-corrected chi connectivity index (χ2v) is 4.19. The molecule has 2 N–H and O–H groups in total. The van der Waals surface area contributed by atoms with Gasteiger partial charge in [0.25, 0.3) is 5.91 Å². The molecule has 1 aromatic heterocycles. The monoisotopic (exact) mass is 270 g/mol. The van der Waals surface area contributed by atoms with E-state index in [4.69, 9.17) is 0 Å². The largest absolute Gasteiger partial charge is 0.465 e. The van der Waals surface area contributed by atoms with Gasteiger partial charge in [0, 0.05) is 0 Å². The van der Waals surface area contributed by atoms with Gasteiger partial charge in [0.2, 0.25) is 5.91 Å². The van der Waals surface area contributed by atoms with Gasteiger partial charge in [-0.1, -0.05) is 6.07 Å². The summed E-state index contributed by atoms with van der Waals surface area (Å²) in [7, 11) is 0. The van der Waals surface area contributed by atoms with Gasteiger partial charge in [-0.3, -0.25) is 14.4 Å². The molecule has 2 amide bonds. The first-order chi connectivity index (χ1) is 8.63. The standard InChI is InChI=1S/C11H14N2O4S/c1-2-17-10(15)7-12-9(14)6-13-11(16)8-4-3-5-18-8/h3-5H,2,6-7H2,1H3,(H,12,14)(H,13,16). The highest BCUT2D eigenvalue weighted by atomic mass is 32.1. The molecule has 0 fully saturated rings. The van der Waals surface area contributed by atoms with Crippen LogP contribution in [0.5, 0.6) is 0 Å². The molecule has 0 bridgehead atoms. The number of ether oxygens (including phenoxy) is 1. The number of rotatable bonds is 6. The van der Waals surface area contributed by atoms with Crippen molar-refractivity contribution in [1.82, 2.24) is 10.6 Å². The third-order valence-electron chi connectivity index (χ3n) is 1.89. The van der Waals surface area contributed by atoms with Crippen LogP contribution in [0.15, 0.2) is 17.5 Å². The van der Waals surface area contributed by atoms with Crippen molar-refractivity contribution in [2.24, 2.45) is 0 Å². The molecule has 0 spiro atoms. The van der Waals surface area contributed by atoms with Crippen LogP contribution in [0.1, 0.15) is 16.6 Å². The molecule has 98 valence electrons. The molecule has 0 aromatic carbocycles. The van der Waals surface area contributed by atoms with Crippen molar-refractivity contribution in [2.75, 3.05) is 19.7 Å². The average molecular weight is 270 g/mol. The molecule has 1 aromatic rings. The average Bonchev–Trinajstić information content (AvgIpc) is 2.87. The molecular weight excluding hydrogens is 256 g/mol. The molecule has 18 heavy (non-hydrogen) atoms. The summed E-state index contributed by atoms with van der Waals surface area (Å²) in [6.07, 6.45) is 0. The summed E-state index contributed by atoms with van der Waals surface area (Å²) in [6, 6.07) is 3.41. The molecule has 0 atom stereocenters. The Labute approximate surface area is 108 Å². The molecule has 1 heterocycles. The number of carbonyl (C=O) groups excluding carboxylic acids is 3. The van der Waals surface area contributed by atoms with Crippen LogP contribution in [0.3, 0.4) is 0 Å². The Hall–Kier alpha value is -1.89. The Morgan fingerprint density at radius 3 is 2.67 bits per heavy atom. The fourth-order valence-electron chi connectivity index (χ4n) is 1.10. The lowest BCUT2D eigenvalue weighted by Crippen LogP contribution is -2.39. The van der Waals surface area contributed by atoms with Crippen LogP contribution in [0.25, 0.3) is 0 Å². The van der Waals surface area contributed by atoms with Gasteiger partial charge in [-0.2, -0.15) is 0 Å². The predicted octanol–water partition coefficient (Wildman–Crippen LogP) is 0.157. The molecule has 0 aliphatic heterocycles. The Bertz CT molecular complexity index is 417. The Morgan fingerprint density at radius 2 is 2.06 bits per heavy atom. The minimum Gasteiger partial charge on any atom is -0.465 e.